The van der Waals surface area contributed by atoms with Crippen molar-refractivity contribution in [2.75, 3.05) is 11.4 Å². The minimum atomic E-state index is -4.76. The normalized spacial score (nSPS) is 22.7. The molecule has 1 spiro atoms. The third kappa shape index (κ3) is 3.06. The molecule has 0 N–H and O–H groups in total. The molecule has 1 amide bonds. The summed E-state index contributed by atoms with van der Waals surface area (Å²) in [5, 5.41) is 0. The van der Waals surface area contributed by atoms with E-state index in [0.717, 1.165) is 10.5 Å². The monoisotopic (exact) mass is 427 g/mol. The summed E-state index contributed by atoms with van der Waals surface area (Å²) in [7, 11) is 0. The zero-order chi connectivity index (χ0) is 21.6. The van der Waals surface area contributed by atoms with Crippen molar-refractivity contribution in [3.8, 4) is 0 Å². The molecule has 7 nitrogen and oxygen atoms in total. The van der Waals surface area contributed by atoms with Crippen LogP contribution in [0.1, 0.15) is 11.1 Å². The van der Waals surface area contributed by atoms with E-state index in [4.69, 9.17) is 4.74 Å². The Morgan fingerprint density at radius 2 is 1.71 bits per heavy atom. The van der Waals surface area contributed by atoms with Crippen LogP contribution in [0.15, 0.2) is 67.1 Å². The van der Waals surface area contributed by atoms with E-state index in [-0.39, 0.29) is 30.4 Å². The van der Waals surface area contributed by atoms with Crippen LogP contribution in [0.25, 0.3) is 0 Å². The lowest BCUT2D eigenvalue weighted by Gasteiger charge is -2.34. The summed E-state index contributed by atoms with van der Waals surface area (Å²) in [5.41, 5.74) is -1.03. The molecule has 1 saturated heterocycles. The Morgan fingerprint density at radius 3 is 2.42 bits per heavy atom. The zero-order valence-electron chi connectivity index (χ0n) is 16.0. The van der Waals surface area contributed by atoms with Gasteiger partial charge in [0.05, 0.1) is 6.54 Å². The predicted molar refractivity (Wildman–Crippen MR) is 103 cm³/mol. The molecule has 2 unspecified atom stereocenters. The number of pyridine rings is 1. The highest BCUT2D eigenvalue weighted by molar-refractivity contribution is 5.76. The number of alkyl halides is 3. The standard InChI is InChI=1S/C21H16F3N5O2/c22-21(23,24)17-20(13-28(19(30)31-20)12-14-6-2-1-3-7-14)15-8-4-9-25-16(15)29(17)18-26-10-5-11-27-18/h1-11,17H,12-13H2. The highest BCUT2D eigenvalue weighted by Gasteiger charge is 2.69. The van der Waals surface area contributed by atoms with E-state index < -0.39 is 23.9 Å². The van der Waals surface area contributed by atoms with E-state index in [1.54, 1.807) is 24.3 Å². The Balaban J connectivity index is 1.62. The first-order chi connectivity index (χ1) is 14.9. The first kappa shape index (κ1) is 19.3. The van der Waals surface area contributed by atoms with Crippen molar-refractivity contribution < 1.29 is 22.7 Å². The molecule has 3 aromatic rings. The quantitative estimate of drug-likeness (QED) is 0.633. The molecule has 31 heavy (non-hydrogen) atoms. The fourth-order valence-corrected chi connectivity index (χ4v) is 4.24. The molecule has 1 fully saturated rings. The number of ether oxygens (including phenoxy) is 1. The van der Waals surface area contributed by atoms with Crippen LogP contribution in [-0.2, 0) is 16.9 Å². The van der Waals surface area contributed by atoms with Crippen LogP contribution in [0.4, 0.5) is 29.7 Å². The van der Waals surface area contributed by atoms with Gasteiger partial charge in [-0.05, 0) is 23.8 Å². The molecule has 2 aliphatic heterocycles. The van der Waals surface area contributed by atoms with Crippen LogP contribution < -0.4 is 4.90 Å². The summed E-state index contributed by atoms with van der Waals surface area (Å²) in [6.45, 7) is -0.156. The number of anilines is 2. The Labute approximate surface area is 175 Å². The smallest absolute Gasteiger partial charge is 0.413 e. The molecule has 2 aromatic heterocycles. The maximum absolute atomic E-state index is 14.5. The third-order valence-corrected chi connectivity index (χ3v) is 5.42. The molecule has 0 aliphatic carbocycles. The van der Waals surface area contributed by atoms with Crippen molar-refractivity contribution in [1.82, 2.24) is 19.9 Å². The number of carbonyl (C=O) groups excluding carboxylic acids is 1. The molecular formula is C21H16F3N5O2. The lowest BCUT2D eigenvalue weighted by molar-refractivity contribution is -0.183. The van der Waals surface area contributed by atoms with E-state index in [2.05, 4.69) is 15.0 Å². The predicted octanol–water partition coefficient (Wildman–Crippen LogP) is 3.80. The third-order valence-electron chi connectivity index (χ3n) is 5.42. The van der Waals surface area contributed by atoms with Gasteiger partial charge in [0.1, 0.15) is 5.82 Å². The number of fused-ring (bicyclic) bond motifs is 2. The molecular weight excluding hydrogens is 411 g/mol. The molecule has 158 valence electrons. The number of nitrogens with zero attached hydrogens (tertiary/aromatic N) is 5. The van der Waals surface area contributed by atoms with Crippen molar-refractivity contribution in [3.05, 3.63) is 78.2 Å². The number of carbonyl (C=O) groups is 1. The van der Waals surface area contributed by atoms with Gasteiger partial charge >= 0.3 is 12.3 Å². The number of hydrogen-bond donors (Lipinski definition) is 0. The van der Waals surface area contributed by atoms with Gasteiger partial charge in [0, 0.05) is 30.7 Å². The van der Waals surface area contributed by atoms with Crippen molar-refractivity contribution >= 4 is 17.9 Å². The molecule has 2 aliphatic rings. The number of rotatable bonds is 3. The van der Waals surface area contributed by atoms with Crippen molar-refractivity contribution in [2.24, 2.45) is 0 Å². The molecule has 10 heteroatoms. The molecule has 5 rings (SSSR count). The van der Waals surface area contributed by atoms with Gasteiger partial charge in [-0.25, -0.2) is 19.7 Å². The van der Waals surface area contributed by atoms with Gasteiger partial charge in [0.2, 0.25) is 5.95 Å². The Bertz CT molecular complexity index is 1110. The first-order valence-corrected chi connectivity index (χ1v) is 9.50. The summed E-state index contributed by atoms with van der Waals surface area (Å²) in [6.07, 6.45) is -1.48. The lowest BCUT2D eigenvalue weighted by atomic mass is 9.89. The second-order valence-corrected chi connectivity index (χ2v) is 7.34. The maximum Gasteiger partial charge on any atom is 0.413 e. The Kier molecular flexibility index (Phi) is 4.31. The zero-order valence-corrected chi connectivity index (χ0v) is 16.0. The fraction of sp³-hybridized carbons (Fsp3) is 0.238. The van der Waals surface area contributed by atoms with Gasteiger partial charge in [-0.15, -0.1) is 0 Å². The van der Waals surface area contributed by atoms with Crippen molar-refractivity contribution in [2.45, 2.75) is 24.4 Å². The van der Waals surface area contributed by atoms with Gasteiger partial charge in [-0.3, -0.25) is 9.80 Å². The van der Waals surface area contributed by atoms with E-state index in [9.17, 15) is 18.0 Å². The maximum atomic E-state index is 14.5. The van der Waals surface area contributed by atoms with E-state index in [1.807, 2.05) is 6.07 Å². The Morgan fingerprint density at radius 1 is 1.00 bits per heavy atom. The highest BCUT2D eigenvalue weighted by atomic mass is 19.4. The van der Waals surface area contributed by atoms with Gasteiger partial charge in [0.25, 0.3) is 0 Å². The van der Waals surface area contributed by atoms with Crippen LogP contribution in [0, 0.1) is 0 Å². The topological polar surface area (TPSA) is 71.5 Å². The van der Waals surface area contributed by atoms with Crippen molar-refractivity contribution in [3.63, 3.8) is 0 Å². The number of halogens is 3. The Hall–Kier alpha value is -3.69. The first-order valence-electron chi connectivity index (χ1n) is 9.50. The summed E-state index contributed by atoms with van der Waals surface area (Å²) in [4.78, 5) is 27.1. The number of hydrogen-bond acceptors (Lipinski definition) is 6. The second-order valence-electron chi connectivity index (χ2n) is 7.34. The summed E-state index contributed by atoms with van der Waals surface area (Å²) in [5.74, 6) is -0.149. The van der Waals surface area contributed by atoms with E-state index in [1.165, 1.54) is 41.7 Å². The van der Waals surface area contributed by atoms with E-state index in [0.29, 0.717) is 0 Å². The average Bonchev–Trinajstić information content (AvgIpc) is 3.23. The van der Waals surface area contributed by atoms with Crippen LogP contribution in [0.2, 0.25) is 0 Å². The van der Waals surface area contributed by atoms with Gasteiger partial charge < -0.3 is 4.74 Å². The van der Waals surface area contributed by atoms with Crippen LogP contribution in [0.5, 0.6) is 0 Å². The minimum Gasteiger partial charge on any atom is -0.433 e. The van der Waals surface area contributed by atoms with E-state index >= 15 is 0 Å². The SMILES string of the molecule is O=C1OC2(CN1Cc1ccccc1)c1cccnc1N(c1ncccn1)C2C(F)(F)F. The van der Waals surface area contributed by atoms with Gasteiger partial charge in [-0.1, -0.05) is 30.3 Å². The number of amides is 1. The molecule has 1 aromatic carbocycles. The summed E-state index contributed by atoms with van der Waals surface area (Å²) < 4.78 is 49.1. The molecule has 2 atom stereocenters. The summed E-state index contributed by atoms with van der Waals surface area (Å²) >= 11 is 0. The number of aromatic nitrogens is 3. The molecule has 0 saturated carbocycles. The van der Waals surface area contributed by atoms with Crippen LogP contribution >= 0.6 is 0 Å². The van der Waals surface area contributed by atoms with Crippen LogP contribution in [-0.4, -0.2) is 44.7 Å². The van der Waals surface area contributed by atoms with Crippen molar-refractivity contribution in [1.29, 1.82) is 0 Å². The largest absolute Gasteiger partial charge is 0.433 e. The highest BCUT2D eigenvalue weighted by Crippen LogP contribution is 2.55. The fourth-order valence-electron chi connectivity index (χ4n) is 4.24. The lowest BCUT2D eigenvalue weighted by Crippen LogP contribution is -2.54. The molecule has 0 radical (unpaired) electrons. The van der Waals surface area contributed by atoms with Gasteiger partial charge in [0.15, 0.2) is 11.6 Å². The minimum absolute atomic E-state index is 0.0189. The molecule has 4 heterocycles. The van der Waals surface area contributed by atoms with Crippen LogP contribution in [0.3, 0.4) is 0 Å². The van der Waals surface area contributed by atoms with Gasteiger partial charge in [-0.2, -0.15) is 13.2 Å². The summed E-state index contributed by atoms with van der Waals surface area (Å²) in [6, 6.07) is 11.3. The average molecular weight is 427 g/mol. The second kappa shape index (κ2) is 6.93. The molecule has 0 bridgehead atoms. The number of benzene rings is 1.